The van der Waals surface area contributed by atoms with Gasteiger partial charge in [0.15, 0.2) is 0 Å². The van der Waals surface area contributed by atoms with E-state index in [-0.39, 0.29) is 5.91 Å². The molecule has 1 aromatic rings. The average molecular weight is 193 g/mol. The Kier molecular flexibility index (Phi) is 3.12. The Morgan fingerprint density at radius 2 is 2.00 bits per heavy atom. The summed E-state index contributed by atoms with van der Waals surface area (Å²) in [4.78, 5) is 13.3. The largest absolute Gasteiger partial charge is 0.496 e. The first-order valence-corrected chi connectivity index (χ1v) is 4.42. The molecule has 0 heterocycles. The first kappa shape index (κ1) is 10.6. The van der Waals surface area contributed by atoms with E-state index in [1.54, 1.807) is 21.2 Å². The molecule has 0 aliphatic rings. The molecule has 0 bridgehead atoms. The molecule has 3 nitrogen and oxygen atoms in total. The van der Waals surface area contributed by atoms with Crippen LogP contribution in [0.25, 0.3) is 0 Å². The van der Waals surface area contributed by atoms with Gasteiger partial charge in [-0.15, -0.1) is 0 Å². The Bertz CT molecular complexity index is 345. The van der Waals surface area contributed by atoms with Gasteiger partial charge in [0, 0.05) is 14.1 Å². The number of ether oxygens (including phenoxy) is 1. The Hall–Kier alpha value is -1.51. The second-order valence-corrected chi connectivity index (χ2v) is 3.40. The molecule has 0 atom stereocenters. The average Bonchev–Trinajstić information content (AvgIpc) is 2.16. The first-order valence-electron chi connectivity index (χ1n) is 4.42. The molecule has 0 aliphatic heterocycles. The van der Waals surface area contributed by atoms with Crippen LogP contribution >= 0.6 is 0 Å². The van der Waals surface area contributed by atoms with E-state index in [9.17, 15) is 4.79 Å². The zero-order chi connectivity index (χ0) is 10.7. The Morgan fingerprint density at radius 3 is 2.50 bits per heavy atom. The standard InChI is InChI=1S/C11H15NO2/c1-8-5-6-10(14-4)9(7-8)11(13)12(2)3/h5-7H,1-4H3. The number of hydrogen-bond donors (Lipinski definition) is 0. The van der Waals surface area contributed by atoms with E-state index in [1.807, 2.05) is 25.1 Å². The van der Waals surface area contributed by atoms with Crippen molar-refractivity contribution in [2.24, 2.45) is 0 Å². The van der Waals surface area contributed by atoms with Gasteiger partial charge in [0.2, 0.25) is 0 Å². The van der Waals surface area contributed by atoms with Gasteiger partial charge in [-0.3, -0.25) is 4.79 Å². The molecule has 1 rings (SSSR count). The number of nitrogens with zero attached hydrogens (tertiary/aromatic N) is 1. The van der Waals surface area contributed by atoms with Crippen LogP contribution in [0.3, 0.4) is 0 Å². The second kappa shape index (κ2) is 4.13. The van der Waals surface area contributed by atoms with Crippen molar-refractivity contribution in [1.29, 1.82) is 0 Å². The summed E-state index contributed by atoms with van der Waals surface area (Å²) in [5.74, 6) is 0.583. The molecule has 0 saturated carbocycles. The molecule has 0 fully saturated rings. The van der Waals surface area contributed by atoms with Gasteiger partial charge in [0.1, 0.15) is 5.75 Å². The maximum atomic E-state index is 11.7. The van der Waals surface area contributed by atoms with Crippen molar-refractivity contribution in [2.75, 3.05) is 21.2 Å². The molecule has 1 amide bonds. The van der Waals surface area contributed by atoms with Crippen molar-refractivity contribution in [3.63, 3.8) is 0 Å². The maximum absolute atomic E-state index is 11.7. The van der Waals surface area contributed by atoms with Crippen molar-refractivity contribution in [3.05, 3.63) is 29.3 Å². The summed E-state index contributed by atoms with van der Waals surface area (Å²) in [6.45, 7) is 1.95. The normalized spacial score (nSPS) is 9.71. The predicted molar refractivity (Wildman–Crippen MR) is 55.7 cm³/mol. The Morgan fingerprint density at radius 1 is 1.36 bits per heavy atom. The highest BCUT2D eigenvalue weighted by atomic mass is 16.5. The number of methoxy groups -OCH3 is 1. The van der Waals surface area contributed by atoms with E-state index in [1.165, 1.54) is 4.90 Å². The van der Waals surface area contributed by atoms with Crippen LogP contribution in [0.5, 0.6) is 5.75 Å². The SMILES string of the molecule is COc1ccc(C)cc1C(=O)N(C)C. The van der Waals surface area contributed by atoms with E-state index in [2.05, 4.69) is 0 Å². The van der Waals surface area contributed by atoms with Crippen molar-refractivity contribution in [2.45, 2.75) is 6.92 Å². The molecule has 0 radical (unpaired) electrons. The number of carbonyl (C=O) groups is 1. The van der Waals surface area contributed by atoms with Gasteiger partial charge in [0.05, 0.1) is 12.7 Å². The van der Waals surface area contributed by atoms with Crippen LogP contribution in [-0.4, -0.2) is 32.0 Å². The summed E-state index contributed by atoms with van der Waals surface area (Å²) in [5.41, 5.74) is 1.66. The molecule has 14 heavy (non-hydrogen) atoms. The molecule has 1 aromatic carbocycles. The van der Waals surface area contributed by atoms with E-state index in [4.69, 9.17) is 4.74 Å². The van der Waals surface area contributed by atoms with Gasteiger partial charge in [-0.1, -0.05) is 11.6 Å². The summed E-state index contributed by atoms with van der Waals surface area (Å²) in [7, 11) is 5.02. The minimum Gasteiger partial charge on any atom is -0.496 e. The van der Waals surface area contributed by atoms with Crippen LogP contribution in [0, 0.1) is 6.92 Å². The highest BCUT2D eigenvalue weighted by molar-refractivity contribution is 5.96. The van der Waals surface area contributed by atoms with Crippen molar-refractivity contribution in [3.8, 4) is 5.75 Å². The fraction of sp³-hybridized carbons (Fsp3) is 0.364. The highest BCUT2D eigenvalue weighted by Crippen LogP contribution is 2.20. The van der Waals surface area contributed by atoms with Crippen LogP contribution in [0.4, 0.5) is 0 Å². The third-order valence-electron chi connectivity index (χ3n) is 1.99. The summed E-state index contributed by atoms with van der Waals surface area (Å²) >= 11 is 0. The Balaban J connectivity index is 3.17. The maximum Gasteiger partial charge on any atom is 0.257 e. The lowest BCUT2D eigenvalue weighted by molar-refractivity contribution is 0.0824. The van der Waals surface area contributed by atoms with Crippen LogP contribution in [-0.2, 0) is 0 Å². The van der Waals surface area contributed by atoms with Crippen LogP contribution in [0.2, 0.25) is 0 Å². The summed E-state index contributed by atoms with van der Waals surface area (Å²) in [5, 5.41) is 0. The molecular formula is C11H15NO2. The zero-order valence-corrected chi connectivity index (χ0v) is 9.00. The number of benzene rings is 1. The third-order valence-corrected chi connectivity index (χ3v) is 1.99. The van der Waals surface area contributed by atoms with Gasteiger partial charge in [-0.05, 0) is 19.1 Å². The van der Waals surface area contributed by atoms with Crippen molar-refractivity contribution >= 4 is 5.91 Å². The number of hydrogen-bond acceptors (Lipinski definition) is 2. The third kappa shape index (κ3) is 2.05. The van der Waals surface area contributed by atoms with Crippen molar-refractivity contribution < 1.29 is 9.53 Å². The quantitative estimate of drug-likeness (QED) is 0.715. The van der Waals surface area contributed by atoms with Gasteiger partial charge in [-0.2, -0.15) is 0 Å². The number of rotatable bonds is 2. The fourth-order valence-electron chi connectivity index (χ4n) is 1.23. The number of carbonyl (C=O) groups excluding carboxylic acids is 1. The van der Waals surface area contributed by atoms with Crippen LogP contribution in [0.1, 0.15) is 15.9 Å². The van der Waals surface area contributed by atoms with Gasteiger partial charge in [0.25, 0.3) is 5.91 Å². The van der Waals surface area contributed by atoms with Crippen LogP contribution < -0.4 is 4.74 Å². The predicted octanol–water partition coefficient (Wildman–Crippen LogP) is 1.71. The molecule has 3 heteroatoms. The topological polar surface area (TPSA) is 29.5 Å². The van der Waals surface area contributed by atoms with E-state index in [0.717, 1.165) is 5.56 Å². The molecule has 0 aliphatic carbocycles. The summed E-state index contributed by atoms with van der Waals surface area (Å²) in [6, 6.07) is 5.57. The zero-order valence-electron chi connectivity index (χ0n) is 9.00. The smallest absolute Gasteiger partial charge is 0.257 e. The lowest BCUT2D eigenvalue weighted by Crippen LogP contribution is -2.22. The second-order valence-electron chi connectivity index (χ2n) is 3.40. The van der Waals surface area contributed by atoms with E-state index >= 15 is 0 Å². The minimum atomic E-state index is -0.0365. The first-order chi connectivity index (χ1) is 6.56. The van der Waals surface area contributed by atoms with E-state index in [0.29, 0.717) is 11.3 Å². The number of aryl methyl sites for hydroxylation is 1. The van der Waals surface area contributed by atoms with E-state index < -0.39 is 0 Å². The summed E-state index contributed by atoms with van der Waals surface area (Å²) < 4.78 is 5.12. The fourth-order valence-corrected chi connectivity index (χ4v) is 1.23. The van der Waals surface area contributed by atoms with Crippen molar-refractivity contribution in [1.82, 2.24) is 4.90 Å². The lowest BCUT2D eigenvalue weighted by atomic mass is 10.1. The molecule has 0 N–H and O–H groups in total. The molecule has 0 saturated heterocycles. The molecule has 0 spiro atoms. The monoisotopic (exact) mass is 193 g/mol. The Labute approximate surface area is 84.3 Å². The van der Waals surface area contributed by atoms with Gasteiger partial charge in [-0.25, -0.2) is 0 Å². The summed E-state index contributed by atoms with van der Waals surface area (Å²) in [6.07, 6.45) is 0. The molecule has 0 unspecified atom stereocenters. The van der Waals surface area contributed by atoms with Gasteiger partial charge < -0.3 is 9.64 Å². The lowest BCUT2D eigenvalue weighted by Gasteiger charge is -2.13. The number of amides is 1. The molecule has 76 valence electrons. The minimum absolute atomic E-state index is 0.0365. The van der Waals surface area contributed by atoms with Crippen LogP contribution in [0.15, 0.2) is 18.2 Å². The van der Waals surface area contributed by atoms with Gasteiger partial charge >= 0.3 is 0 Å². The molecular weight excluding hydrogens is 178 g/mol. The molecule has 0 aromatic heterocycles. The highest BCUT2D eigenvalue weighted by Gasteiger charge is 2.13.